The van der Waals surface area contributed by atoms with Crippen molar-refractivity contribution in [2.45, 2.75) is 25.7 Å². The third-order valence-corrected chi connectivity index (χ3v) is 4.41. The Hall–Kier alpha value is -0.750. The molecule has 96 valence electrons. The zero-order valence-electron chi connectivity index (χ0n) is 10.2. The van der Waals surface area contributed by atoms with E-state index in [0.29, 0.717) is 5.92 Å². The second-order valence-electron chi connectivity index (χ2n) is 3.96. The Morgan fingerprint density at radius 3 is 2.76 bits per heavy atom. The Kier molecular flexibility index (Phi) is 5.27. The Labute approximate surface area is 107 Å². The van der Waals surface area contributed by atoms with E-state index in [9.17, 15) is 8.42 Å². The summed E-state index contributed by atoms with van der Waals surface area (Å²) < 4.78 is 27.4. The summed E-state index contributed by atoms with van der Waals surface area (Å²) in [5.74, 6) is 1.64. The molecule has 0 saturated carbocycles. The van der Waals surface area contributed by atoms with Gasteiger partial charge in [0.05, 0.1) is 5.75 Å². The number of pyridine rings is 1. The van der Waals surface area contributed by atoms with E-state index in [1.807, 2.05) is 6.07 Å². The van der Waals surface area contributed by atoms with Crippen molar-refractivity contribution in [1.82, 2.24) is 4.98 Å². The molecule has 0 N–H and O–H groups in total. The van der Waals surface area contributed by atoms with Gasteiger partial charge < -0.3 is 4.18 Å². The summed E-state index contributed by atoms with van der Waals surface area (Å²) in [5.41, 5.74) is 0. The number of hydrogen-bond acceptors (Lipinski definition) is 5. The van der Waals surface area contributed by atoms with Crippen LogP contribution in [0.15, 0.2) is 23.2 Å². The molecule has 1 aromatic heterocycles. The lowest BCUT2D eigenvalue weighted by Crippen LogP contribution is -2.12. The molecule has 0 aliphatic carbocycles. The fourth-order valence-corrected chi connectivity index (χ4v) is 2.31. The van der Waals surface area contributed by atoms with E-state index >= 15 is 0 Å². The minimum Gasteiger partial charge on any atom is -0.362 e. The van der Waals surface area contributed by atoms with E-state index in [2.05, 4.69) is 18.8 Å². The lowest BCUT2D eigenvalue weighted by Gasteiger charge is -2.07. The van der Waals surface area contributed by atoms with Gasteiger partial charge in [0.15, 0.2) is 0 Å². The van der Waals surface area contributed by atoms with Crippen molar-refractivity contribution in [3.8, 4) is 5.88 Å². The highest BCUT2D eigenvalue weighted by molar-refractivity contribution is 7.99. The molecule has 0 aliphatic rings. The maximum Gasteiger partial charge on any atom is 0.310 e. The Balaban J connectivity index is 2.72. The lowest BCUT2D eigenvalue weighted by molar-refractivity contribution is 0.476. The third-order valence-electron chi connectivity index (χ3n) is 1.86. The van der Waals surface area contributed by atoms with Crippen LogP contribution in [0.25, 0.3) is 0 Å². The number of aromatic nitrogens is 1. The van der Waals surface area contributed by atoms with Crippen LogP contribution in [0.5, 0.6) is 5.88 Å². The number of rotatable bonds is 6. The van der Waals surface area contributed by atoms with E-state index in [0.717, 1.165) is 10.6 Å². The summed E-state index contributed by atoms with van der Waals surface area (Å²) in [4.78, 5) is 4.85. The first-order valence-electron chi connectivity index (χ1n) is 5.44. The molecule has 0 saturated heterocycles. The predicted molar refractivity (Wildman–Crippen MR) is 69.9 cm³/mol. The molecule has 0 aromatic carbocycles. The maximum atomic E-state index is 11.3. The molecule has 1 rings (SSSR count). The van der Waals surface area contributed by atoms with Crippen LogP contribution in [0.4, 0.5) is 0 Å². The van der Waals surface area contributed by atoms with Crippen LogP contribution in [0.3, 0.4) is 0 Å². The summed E-state index contributed by atoms with van der Waals surface area (Å²) in [7, 11) is -3.49. The van der Waals surface area contributed by atoms with E-state index in [-0.39, 0.29) is 11.6 Å². The molecule has 0 aliphatic heterocycles. The molecule has 0 bridgehead atoms. The smallest absolute Gasteiger partial charge is 0.310 e. The number of nitrogens with zero attached hydrogens (tertiary/aromatic N) is 1. The Morgan fingerprint density at radius 1 is 1.47 bits per heavy atom. The molecular weight excluding hydrogens is 258 g/mol. The van der Waals surface area contributed by atoms with Gasteiger partial charge in [-0.1, -0.05) is 13.8 Å². The van der Waals surface area contributed by atoms with Crippen LogP contribution in [0.2, 0.25) is 0 Å². The quantitative estimate of drug-likeness (QED) is 0.590. The Bertz CT molecular complexity index is 458. The normalized spacial score (nSPS) is 11.8. The standard InChI is InChI=1S/C11H17NO3S2/c1-4-17(13,14)15-11-7-10(5-6-12-11)16-8-9(2)3/h5-7,9H,4,8H2,1-3H3. The fraction of sp³-hybridized carbons (Fsp3) is 0.545. The van der Waals surface area contributed by atoms with Gasteiger partial charge in [-0.15, -0.1) is 11.8 Å². The molecule has 0 atom stereocenters. The van der Waals surface area contributed by atoms with Crippen LogP contribution >= 0.6 is 11.8 Å². The van der Waals surface area contributed by atoms with Gasteiger partial charge >= 0.3 is 10.1 Å². The number of thioether (sulfide) groups is 1. The molecule has 0 amide bonds. The third kappa shape index (κ3) is 5.41. The first-order chi connectivity index (χ1) is 7.93. The number of hydrogen-bond donors (Lipinski definition) is 0. The van der Waals surface area contributed by atoms with Crippen molar-refractivity contribution in [2.24, 2.45) is 5.92 Å². The van der Waals surface area contributed by atoms with E-state index in [4.69, 9.17) is 4.18 Å². The monoisotopic (exact) mass is 275 g/mol. The van der Waals surface area contributed by atoms with Crippen molar-refractivity contribution < 1.29 is 12.6 Å². The molecule has 4 nitrogen and oxygen atoms in total. The van der Waals surface area contributed by atoms with Gasteiger partial charge in [0.1, 0.15) is 0 Å². The van der Waals surface area contributed by atoms with Gasteiger partial charge in [0, 0.05) is 22.9 Å². The fourth-order valence-electron chi connectivity index (χ4n) is 0.979. The van der Waals surface area contributed by atoms with Crippen LogP contribution in [0.1, 0.15) is 20.8 Å². The van der Waals surface area contributed by atoms with Crippen LogP contribution in [0, 0.1) is 5.92 Å². The van der Waals surface area contributed by atoms with Crippen molar-refractivity contribution in [1.29, 1.82) is 0 Å². The molecule has 6 heteroatoms. The van der Waals surface area contributed by atoms with Crippen LogP contribution in [-0.4, -0.2) is 24.9 Å². The maximum absolute atomic E-state index is 11.3. The zero-order valence-corrected chi connectivity index (χ0v) is 11.8. The molecule has 0 unspecified atom stereocenters. The first kappa shape index (κ1) is 14.3. The van der Waals surface area contributed by atoms with Crippen molar-refractivity contribution >= 4 is 21.9 Å². The zero-order chi connectivity index (χ0) is 12.9. The second kappa shape index (κ2) is 6.26. The lowest BCUT2D eigenvalue weighted by atomic mass is 10.3. The highest BCUT2D eigenvalue weighted by atomic mass is 32.2. The van der Waals surface area contributed by atoms with Crippen molar-refractivity contribution in [2.75, 3.05) is 11.5 Å². The van der Waals surface area contributed by atoms with E-state index in [1.54, 1.807) is 24.0 Å². The molecule has 0 spiro atoms. The molecule has 0 radical (unpaired) electrons. The summed E-state index contributed by atoms with van der Waals surface area (Å²) in [6.07, 6.45) is 1.56. The summed E-state index contributed by atoms with van der Waals surface area (Å²) in [5, 5.41) is 0. The van der Waals surface area contributed by atoms with Gasteiger partial charge in [0.25, 0.3) is 0 Å². The largest absolute Gasteiger partial charge is 0.362 e. The van der Waals surface area contributed by atoms with Gasteiger partial charge in [0.2, 0.25) is 5.88 Å². The molecule has 0 fully saturated rings. The molecule has 1 aromatic rings. The average molecular weight is 275 g/mol. The minimum absolute atomic E-state index is 0.0575. The van der Waals surface area contributed by atoms with Crippen LogP contribution in [-0.2, 0) is 10.1 Å². The van der Waals surface area contributed by atoms with Gasteiger partial charge in [-0.2, -0.15) is 8.42 Å². The van der Waals surface area contributed by atoms with Crippen molar-refractivity contribution in [3.05, 3.63) is 18.3 Å². The van der Waals surface area contributed by atoms with Gasteiger partial charge in [-0.25, -0.2) is 4.98 Å². The summed E-state index contributed by atoms with van der Waals surface area (Å²) in [6, 6.07) is 3.50. The van der Waals surface area contributed by atoms with Gasteiger partial charge in [-0.05, 0) is 18.9 Å². The predicted octanol–water partition coefficient (Wildman–Crippen LogP) is 2.56. The average Bonchev–Trinajstić information content (AvgIpc) is 2.26. The van der Waals surface area contributed by atoms with Gasteiger partial charge in [-0.3, -0.25) is 0 Å². The minimum atomic E-state index is -3.49. The SMILES string of the molecule is CCS(=O)(=O)Oc1cc(SCC(C)C)ccn1. The Morgan fingerprint density at radius 2 is 2.18 bits per heavy atom. The molecule has 17 heavy (non-hydrogen) atoms. The molecular formula is C11H17NO3S2. The van der Waals surface area contributed by atoms with Crippen LogP contribution < -0.4 is 4.18 Å². The summed E-state index contributed by atoms with van der Waals surface area (Å²) in [6.45, 7) is 5.80. The summed E-state index contributed by atoms with van der Waals surface area (Å²) >= 11 is 1.66. The van der Waals surface area contributed by atoms with E-state index < -0.39 is 10.1 Å². The second-order valence-corrected chi connectivity index (χ2v) is 6.92. The van der Waals surface area contributed by atoms with E-state index in [1.165, 1.54) is 6.92 Å². The topological polar surface area (TPSA) is 56.3 Å². The first-order valence-corrected chi connectivity index (χ1v) is 8.00. The highest BCUT2D eigenvalue weighted by Gasteiger charge is 2.10. The highest BCUT2D eigenvalue weighted by Crippen LogP contribution is 2.23. The molecule has 1 heterocycles. The van der Waals surface area contributed by atoms with Crippen molar-refractivity contribution in [3.63, 3.8) is 0 Å².